The summed E-state index contributed by atoms with van der Waals surface area (Å²) in [7, 11) is 0. The number of carboxylic acids is 1. The van der Waals surface area contributed by atoms with Crippen molar-refractivity contribution in [2.24, 2.45) is 0 Å². The zero-order chi connectivity index (χ0) is 18.8. The predicted octanol–water partition coefficient (Wildman–Crippen LogP) is 2.72. The van der Waals surface area contributed by atoms with Crippen LogP contribution in [-0.4, -0.2) is 50.6 Å². The first kappa shape index (κ1) is 17.3. The smallest absolute Gasteiger partial charge is 0.338 e. The fraction of sp³-hybridized carbons (Fsp3) is 0.263. The number of rotatable bonds is 6. The Balaban J connectivity index is 1.72. The van der Waals surface area contributed by atoms with Gasteiger partial charge in [-0.3, -0.25) is 4.98 Å². The molecule has 0 spiro atoms. The molecule has 1 aliphatic rings. The van der Waals surface area contributed by atoms with Crippen LogP contribution in [0, 0.1) is 5.82 Å². The van der Waals surface area contributed by atoms with Crippen molar-refractivity contribution in [1.29, 1.82) is 0 Å². The van der Waals surface area contributed by atoms with Crippen LogP contribution in [0.15, 0.2) is 42.9 Å². The van der Waals surface area contributed by atoms with Crippen molar-refractivity contribution in [3.63, 3.8) is 0 Å². The molecule has 2 aromatic heterocycles. The number of nitrogens with zero attached hydrogens (tertiary/aromatic N) is 4. The highest BCUT2D eigenvalue weighted by Crippen LogP contribution is 2.26. The summed E-state index contributed by atoms with van der Waals surface area (Å²) in [6.45, 7) is 2.69. The number of nitrogens with one attached hydrogen (secondary N) is 1. The van der Waals surface area contributed by atoms with Crippen molar-refractivity contribution >= 4 is 22.8 Å². The van der Waals surface area contributed by atoms with Crippen LogP contribution in [0.2, 0.25) is 0 Å². The summed E-state index contributed by atoms with van der Waals surface area (Å²) in [6.07, 6.45) is 3.88. The molecule has 2 N–H and O–H groups in total. The lowest BCUT2D eigenvalue weighted by Crippen LogP contribution is -2.41. The molecule has 1 aliphatic heterocycles. The fourth-order valence-electron chi connectivity index (χ4n) is 3.19. The molecule has 8 heteroatoms. The molecule has 1 aromatic carbocycles. The van der Waals surface area contributed by atoms with E-state index in [9.17, 15) is 14.3 Å². The maximum Gasteiger partial charge on any atom is 0.338 e. The number of pyridine rings is 1. The Morgan fingerprint density at radius 3 is 2.78 bits per heavy atom. The lowest BCUT2D eigenvalue weighted by molar-refractivity contribution is 0.0698. The first-order chi connectivity index (χ1) is 13.1. The molecule has 138 valence electrons. The molecule has 0 aliphatic carbocycles. The highest BCUT2D eigenvalue weighted by molar-refractivity contribution is 6.02. The van der Waals surface area contributed by atoms with E-state index in [2.05, 4.69) is 25.2 Å². The van der Waals surface area contributed by atoms with Crippen LogP contribution in [0.5, 0.6) is 0 Å². The SMILES string of the molecule is O=C(O)c1ccnc2c(N[C@H](CN3CCC3)c3cccc(F)c3)ncnc12. The second-order valence-electron chi connectivity index (χ2n) is 6.49. The zero-order valence-electron chi connectivity index (χ0n) is 14.5. The Labute approximate surface area is 154 Å². The summed E-state index contributed by atoms with van der Waals surface area (Å²) in [5.41, 5.74) is 1.51. The van der Waals surface area contributed by atoms with Crippen molar-refractivity contribution in [2.45, 2.75) is 12.5 Å². The number of hydrogen-bond donors (Lipinski definition) is 2. The molecule has 3 aromatic rings. The zero-order valence-corrected chi connectivity index (χ0v) is 14.5. The molecule has 4 rings (SSSR count). The van der Waals surface area contributed by atoms with E-state index in [-0.39, 0.29) is 22.9 Å². The highest BCUT2D eigenvalue weighted by atomic mass is 19.1. The van der Waals surface area contributed by atoms with Gasteiger partial charge in [0, 0.05) is 12.7 Å². The molecule has 27 heavy (non-hydrogen) atoms. The van der Waals surface area contributed by atoms with Crippen LogP contribution in [0.25, 0.3) is 11.0 Å². The van der Waals surface area contributed by atoms with Crippen LogP contribution >= 0.6 is 0 Å². The van der Waals surface area contributed by atoms with E-state index in [1.165, 1.54) is 30.7 Å². The van der Waals surface area contributed by atoms with E-state index < -0.39 is 5.97 Å². The molecule has 0 saturated carbocycles. The van der Waals surface area contributed by atoms with Gasteiger partial charge in [0.25, 0.3) is 0 Å². The Morgan fingerprint density at radius 2 is 2.07 bits per heavy atom. The number of carbonyl (C=O) groups is 1. The van der Waals surface area contributed by atoms with E-state index in [0.717, 1.165) is 25.1 Å². The van der Waals surface area contributed by atoms with Crippen molar-refractivity contribution in [1.82, 2.24) is 19.9 Å². The topological polar surface area (TPSA) is 91.2 Å². The number of benzene rings is 1. The molecule has 0 bridgehead atoms. The highest BCUT2D eigenvalue weighted by Gasteiger charge is 2.23. The quantitative estimate of drug-likeness (QED) is 0.692. The third-order valence-electron chi connectivity index (χ3n) is 4.70. The minimum absolute atomic E-state index is 0.0653. The number of hydrogen-bond acceptors (Lipinski definition) is 6. The Hall–Kier alpha value is -3.13. The second kappa shape index (κ2) is 7.24. The summed E-state index contributed by atoms with van der Waals surface area (Å²) >= 11 is 0. The molecule has 7 nitrogen and oxygen atoms in total. The summed E-state index contributed by atoms with van der Waals surface area (Å²) < 4.78 is 13.7. The van der Waals surface area contributed by atoms with Gasteiger partial charge in [-0.15, -0.1) is 0 Å². The van der Waals surface area contributed by atoms with Crippen LogP contribution in [0.1, 0.15) is 28.4 Å². The minimum Gasteiger partial charge on any atom is -0.478 e. The predicted molar refractivity (Wildman–Crippen MR) is 98.1 cm³/mol. The van der Waals surface area contributed by atoms with Gasteiger partial charge < -0.3 is 15.3 Å². The Bertz CT molecular complexity index is 993. The van der Waals surface area contributed by atoms with Gasteiger partial charge in [0.05, 0.1) is 11.6 Å². The number of aromatic carboxylic acids is 1. The molecule has 0 amide bonds. The molecule has 1 saturated heterocycles. The molecular formula is C19H18FN5O2. The van der Waals surface area contributed by atoms with Gasteiger partial charge >= 0.3 is 5.97 Å². The fourth-order valence-corrected chi connectivity index (χ4v) is 3.19. The first-order valence-corrected chi connectivity index (χ1v) is 8.69. The van der Waals surface area contributed by atoms with E-state index in [0.29, 0.717) is 17.9 Å². The number of fused-ring (bicyclic) bond motifs is 1. The van der Waals surface area contributed by atoms with Gasteiger partial charge in [-0.05, 0) is 43.3 Å². The van der Waals surface area contributed by atoms with Gasteiger partial charge in [-0.1, -0.05) is 12.1 Å². The third-order valence-corrected chi connectivity index (χ3v) is 4.70. The largest absolute Gasteiger partial charge is 0.478 e. The summed E-state index contributed by atoms with van der Waals surface area (Å²) in [6, 6.07) is 7.64. The van der Waals surface area contributed by atoms with Crippen molar-refractivity contribution in [3.05, 3.63) is 59.8 Å². The number of carboxylic acid groups (broad SMARTS) is 1. The van der Waals surface area contributed by atoms with Crippen LogP contribution in [0.4, 0.5) is 10.2 Å². The third kappa shape index (κ3) is 3.56. The van der Waals surface area contributed by atoms with Gasteiger partial charge in [-0.25, -0.2) is 19.2 Å². The number of halogens is 1. The molecule has 0 radical (unpaired) electrons. The Morgan fingerprint density at radius 1 is 1.22 bits per heavy atom. The average Bonchev–Trinajstić information content (AvgIpc) is 2.63. The summed E-state index contributed by atoms with van der Waals surface area (Å²) in [4.78, 5) is 26.3. The van der Waals surface area contributed by atoms with Crippen molar-refractivity contribution in [2.75, 3.05) is 25.0 Å². The van der Waals surface area contributed by atoms with Crippen LogP contribution in [-0.2, 0) is 0 Å². The maximum absolute atomic E-state index is 13.7. The van der Waals surface area contributed by atoms with Crippen LogP contribution < -0.4 is 5.32 Å². The van der Waals surface area contributed by atoms with E-state index in [1.807, 2.05) is 6.07 Å². The molecule has 1 atom stereocenters. The van der Waals surface area contributed by atoms with Gasteiger partial charge in [0.1, 0.15) is 23.2 Å². The second-order valence-corrected chi connectivity index (χ2v) is 6.49. The standard InChI is InChI=1S/C19H18FN5O2/c20-13-4-1-3-12(9-13)15(10-25-7-2-8-25)24-18-17-16(22-11-23-18)14(19(26)27)5-6-21-17/h1,3-6,9,11,15H,2,7-8,10H2,(H,26,27)(H,22,23,24)/t15-/m1/s1. The Kier molecular flexibility index (Phi) is 4.64. The van der Waals surface area contributed by atoms with E-state index in [1.54, 1.807) is 6.07 Å². The van der Waals surface area contributed by atoms with Gasteiger partial charge in [0.15, 0.2) is 5.82 Å². The van der Waals surface area contributed by atoms with Crippen molar-refractivity contribution in [3.8, 4) is 0 Å². The first-order valence-electron chi connectivity index (χ1n) is 8.69. The summed E-state index contributed by atoms with van der Waals surface area (Å²) in [5, 5.41) is 12.7. The lowest BCUT2D eigenvalue weighted by atomic mass is 10.0. The van der Waals surface area contributed by atoms with E-state index >= 15 is 0 Å². The van der Waals surface area contributed by atoms with Gasteiger partial charge in [-0.2, -0.15) is 0 Å². The molecule has 1 fully saturated rings. The van der Waals surface area contributed by atoms with Crippen LogP contribution in [0.3, 0.4) is 0 Å². The monoisotopic (exact) mass is 367 g/mol. The number of anilines is 1. The normalized spacial score (nSPS) is 15.3. The van der Waals surface area contributed by atoms with Crippen molar-refractivity contribution < 1.29 is 14.3 Å². The molecular weight excluding hydrogens is 349 g/mol. The van der Waals surface area contributed by atoms with Gasteiger partial charge in [0.2, 0.25) is 0 Å². The number of likely N-dealkylation sites (tertiary alicyclic amines) is 1. The number of aromatic nitrogens is 3. The molecule has 0 unspecified atom stereocenters. The lowest BCUT2D eigenvalue weighted by Gasteiger charge is -2.34. The average molecular weight is 367 g/mol. The summed E-state index contributed by atoms with van der Waals surface area (Å²) in [5.74, 6) is -0.950. The minimum atomic E-state index is -1.07. The maximum atomic E-state index is 13.7. The van der Waals surface area contributed by atoms with E-state index in [4.69, 9.17) is 0 Å². The molecule has 3 heterocycles.